The second-order valence-electron chi connectivity index (χ2n) is 7.81. The van der Waals surface area contributed by atoms with Gasteiger partial charge in [-0.2, -0.15) is 0 Å². The van der Waals surface area contributed by atoms with E-state index in [4.69, 9.17) is 4.74 Å². The van der Waals surface area contributed by atoms with E-state index in [9.17, 15) is 4.79 Å². The number of likely N-dealkylation sites (tertiary alicyclic amines) is 1. The Bertz CT molecular complexity index is 614. The number of fused-ring (bicyclic) bond motifs is 2. The first-order valence-corrected chi connectivity index (χ1v) is 10.1. The molecule has 1 amide bonds. The summed E-state index contributed by atoms with van der Waals surface area (Å²) >= 11 is 0. The SMILES string of the molecule is CCN1C(=O)OC2(CCN(C3CCCCCC3)CC2)c2ccccc21. The number of nitrogens with zero attached hydrogens (tertiary/aromatic N) is 2. The summed E-state index contributed by atoms with van der Waals surface area (Å²) < 4.78 is 6.07. The van der Waals surface area contributed by atoms with E-state index in [1.807, 2.05) is 13.0 Å². The fourth-order valence-corrected chi connectivity index (χ4v) is 5.01. The lowest BCUT2D eigenvalue weighted by atomic mass is 9.81. The second-order valence-corrected chi connectivity index (χ2v) is 7.81. The van der Waals surface area contributed by atoms with Gasteiger partial charge < -0.3 is 9.64 Å². The summed E-state index contributed by atoms with van der Waals surface area (Å²) in [4.78, 5) is 17.0. The molecular formula is C21H30N2O2. The molecule has 1 spiro atoms. The Morgan fingerprint density at radius 1 is 1.08 bits per heavy atom. The van der Waals surface area contributed by atoms with Crippen molar-refractivity contribution in [2.75, 3.05) is 24.5 Å². The summed E-state index contributed by atoms with van der Waals surface area (Å²) in [5.74, 6) is 0. The maximum atomic E-state index is 12.6. The molecule has 0 radical (unpaired) electrons. The van der Waals surface area contributed by atoms with Crippen LogP contribution in [-0.2, 0) is 10.3 Å². The van der Waals surface area contributed by atoms with Gasteiger partial charge in [0.25, 0.3) is 0 Å². The predicted molar refractivity (Wildman–Crippen MR) is 99.9 cm³/mol. The van der Waals surface area contributed by atoms with Crippen LogP contribution in [0.15, 0.2) is 24.3 Å². The first-order chi connectivity index (χ1) is 12.2. The summed E-state index contributed by atoms with van der Waals surface area (Å²) in [6, 6.07) is 9.06. The smallest absolute Gasteiger partial charge is 0.415 e. The van der Waals surface area contributed by atoms with Gasteiger partial charge in [-0.3, -0.25) is 4.90 Å². The molecule has 0 aromatic heterocycles. The van der Waals surface area contributed by atoms with Crippen LogP contribution >= 0.6 is 0 Å². The Morgan fingerprint density at radius 3 is 2.44 bits per heavy atom. The Labute approximate surface area is 151 Å². The number of benzene rings is 1. The molecule has 136 valence electrons. The maximum absolute atomic E-state index is 12.6. The average Bonchev–Trinajstić information content (AvgIpc) is 2.92. The largest absolute Gasteiger partial charge is 0.437 e. The fourth-order valence-electron chi connectivity index (χ4n) is 5.01. The summed E-state index contributed by atoms with van der Waals surface area (Å²) in [5.41, 5.74) is 1.83. The van der Waals surface area contributed by atoms with Gasteiger partial charge >= 0.3 is 6.09 Å². The van der Waals surface area contributed by atoms with Gasteiger partial charge in [-0.05, 0) is 25.8 Å². The number of piperidine rings is 1. The molecule has 4 rings (SSSR count). The number of para-hydroxylation sites is 1. The topological polar surface area (TPSA) is 32.8 Å². The van der Waals surface area contributed by atoms with E-state index in [0.29, 0.717) is 6.54 Å². The molecule has 1 aliphatic carbocycles. The first-order valence-electron chi connectivity index (χ1n) is 10.1. The third-order valence-electron chi connectivity index (χ3n) is 6.45. The van der Waals surface area contributed by atoms with Gasteiger partial charge in [0.05, 0.1) is 5.69 Å². The predicted octanol–water partition coefficient (Wildman–Crippen LogP) is 4.68. The van der Waals surface area contributed by atoms with Crippen molar-refractivity contribution in [3.63, 3.8) is 0 Å². The fraction of sp³-hybridized carbons (Fsp3) is 0.667. The molecule has 0 N–H and O–H groups in total. The number of hydrogen-bond donors (Lipinski definition) is 0. The van der Waals surface area contributed by atoms with Gasteiger partial charge in [0.15, 0.2) is 0 Å². The van der Waals surface area contributed by atoms with E-state index < -0.39 is 5.60 Å². The van der Waals surface area contributed by atoms with Gasteiger partial charge in [-0.25, -0.2) is 4.79 Å². The maximum Gasteiger partial charge on any atom is 0.415 e. The van der Waals surface area contributed by atoms with Crippen LogP contribution < -0.4 is 4.90 Å². The molecule has 2 heterocycles. The van der Waals surface area contributed by atoms with Crippen molar-refractivity contribution in [2.24, 2.45) is 0 Å². The molecule has 0 atom stereocenters. The lowest BCUT2D eigenvalue weighted by Crippen LogP contribution is -2.53. The van der Waals surface area contributed by atoms with Gasteiger partial charge in [0.1, 0.15) is 5.60 Å². The highest BCUT2D eigenvalue weighted by Gasteiger charge is 2.47. The zero-order valence-electron chi connectivity index (χ0n) is 15.4. The number of amides is 1. The van der Waals surface area contributed by atoms with Crippen molar-refractivity contribution in [1.82, 2.24) is 4.90 Å². The lowest BCUT2D eigenvalue weighted by molar-refractivity contribution is -0.0505. The van der Waals surface area contributed by atoms with Crippen molar-refractivity contribution in [2.45, 2.75) is 69.9 Å². The van der Waals surface area contributed by atoms with Crippen molar-refractivity contribution >= 4 is 11.8 Å². The van der Waals surface area contributed by atoms with Crippen LogP contribution in [-0.4, -0.2) is 36.7 Å². The number of anilines is 1. The van der Waals surface area contributed by atoms with Crippen LogP contribution in [0.5, 0.6) is 0 Å². The molecule has 1 aromatic carbocycles. The zero-order valence-corrected chi connectivity index (χ0v) is 15.4. The normalized spacial score (nSPS) is 24.7. The molecule has 4 nitrogen and oxygen atoms in total. The molecule has 1 saturated carbocycles. The summed E-state index contributed by atoms with van der Waals surface area (Å²) in [7, 11) is 0. The van der Waals surface area contributed by atoms with E-state index in [0.717, 1.165) is 37.7 Å². The number of hydrogen-bond acceptors (Lipinski definition) is 3. The lowest BCUT2D eigenvalue weighted by Gasteiger charge is -2.48. The second kappa shape index (κ2) is 6.99. The van der Waals surface area contributed by atoms with Crippen LogP contribution in [0.4, 0.5) is 10.5 Å². The van der Waals surface area contributed by atoms with Crippen molar-refractivity contribution in [1.29, 1.82) is 0 Å². The Hall–Kier alpha value is -1.55. The monoisotopic (exact) mass is 342 g/mol. The van der Waals surface area contributed by atoms with Crippen LogP contribution in [0.2, 0.25) is 0 Å². The highest BCUT2D eigenvalue weighted by molar-refractivity contribution is 5.91. The Morgan fingerprint density at radius 2 is 1.76 bits per heavy atom. The van der Waals surface area contributed by atoms with E-state index >= 15 is 0 Å². The summed E-state index contributed by atoms with van der Waals surface area (Å²) in [5, 5.41) is 0. The third-order valence-corrected chi connectivity index (χ3v) is 6.45. The number of ether oxygens (including phenoxy) is 1. The van der Waals surface area contributed by atoms with Gasteiger partial charge in [0.2, 0.25) is 0 Å². The zero-order chi connectivity index (χ0) is 17.3. The molecule has 3 aliphatic rings. The van der Waals surface area contributed by atoms with E-state index in [1.54, 1.807) is 4.90 Å². The highest BCUT2D eigenvalue weighted by atomic mass is 16.6. The van der Waals surface area contributed by atoms with Crippen LogP contribution in [0.25, 0.3) is 0 Å². The molecule has 4 heteroatoms. The molecule has 2 aliphatic heterocycles. The molecule has 0 bridgehead atoms. The Balaban J connectivity index is 1.54. The third kappa shape index (κ3) is 3.05. The number of rotatable bonds is 2. The molecule has 0 unspecified atom stereocenters. The quantitative estimate of drug-likeness (QED) is 0.732. The van der Waals surface area contributed by atoms with E-state index in [2.05, 4.69) is 23.1 Å². The van der Waals surface area contributed by atoms with Gasteiger partial charge in [0, 0.05) is 44.1 Å². The molecule has 2 fully saturated rings. The van der Waals surface area contributed by atoms with Crippen LogP contribution in [0.3, 0.4) is 0 Å². The average molecular weight is 342 g/mol. The van der Waals surface area contributed by atoms with Crippen molar-refractivity contribution in [3.8, 4) is 0 Å². The molecular weight excluding hydrogens is 312 g/mol. The molecule has 25 heavy (non-hydrogen) atoms. The van der Waals surface area contributed by atoms with Crippen molar-refractivity contribution in [3.05, 3.63) is 29.8 Å². The van der Waals surface area contributed by atoms with Gasteiger partial charge in [-0.1, -0.05) is 43.9 Å². The standard InChI is InChI=1S/C21H30N2O2/c1-2-23-19-12-8-7-11-18(19)21(25-20(23)24)13-15-22(16-14-21)17-9-5-3-4-6-10-17/h7-8,11-12,17H,2-6,9-10,13-16H2,1H3. The van der Waals surface area contributed by atoms with Crippen LogP contribution in [0, 0.1) is 0 Å². The van der Waals surface area contributed by atoms with Crippen LogP contribution in [0.1, 0.15) is 63.9 Å². The van der Waals surface area contributed by atoms with E-state index in [-0.39, 0.29) is 6.09 Å². The molecule has 1 saturated heterocycles. The number of carbonyl (C=O) groups is 1. The number of carbonyl (C=O) groups excluding carboxylic acids is 1. The molecule has 1 aromatic rings. The Kier molecular flexibility index (Phi) is 4.72. The minimum atomic E-state index is -0.416. The minimum absolute atomic E-state index is 0.177. The van der Waals surface area contributed by atoms with Gasteiger partial charge in [-0.15, -0.1) is 0 Å². The highest BCUT2D eigenvalue weighted by Crippen LogP contribution is 2.46. The summed E-state index contributed by atoms with van der Waals surface area (Å²) in [6.07, 6.45) is 9.88. The van der Waals surface area contributed by atoms with E-state index in [1.165, 1.54) is 44.1 Å². The minimum Gasteiger partial charge on any atom is -0.437 e. The summed E-state index contributed by atoms with van der Waals surface area (Å²) in [6.45, 7) is 4.74. The van der Waals surface area contributed by atoms with Crippen molar-refractivity contribution < 1.29 is 9.53 Å². The first kappa shape index (κ1) is 16.9.